The highest BCUT2D eigenvalue weighted by molar-refractivity contribution is 5.91. The molecule has 43 heavy (non-hydrogen) atoms. The standard InChI is InChI=1S/C33H37N5O5/c1-5-22(39)12-7-6-8-14-29(35-30(40)19-24-20(2)34-28-16-15-23(41-3)18-25(24)28)33-38-37-32(43-33)26-17-21-11-9-10-13-27(21)36-31(26)42-4/h9-11,13,15-18,29,34H,5-8,12,14,19H2,1-4H3,(H,35,40). The fraction of sp³-hybridized carbons (Fsp3) is 0.364. The number of hydrogen-bond donors (Lipinski definition) is 2. The van der Waals surface area contributed by atoms with Crippen LogP contribution in [0, 0.1) is 6.92 Å². The Morgan fingerprint density at radius 1 is 1.02 bits per heavy atom. The van der Waals surface area contributed by atoms with Gasteiger partial charge in [0.15, 0.2) is 0 Å². The second kappa shape index (κ2) is 13.5. The van der Waals surface area contributed by atoms with E-state index in [1.165, 1.54) is 0 Å². The number of nitrogens with zero attached hydrogens (tertiary/aromatic N) is 3. The van der Waals surface area contributed by atoms with E-state index in [-0.39, 0.29) is 24.0 Å². The summed E-state index contributed by atoms with van der Waals surface area (Å²) >= 11 is 0. The molecule has 0 aliphatic carbocycles. The molecule has 10 nitrogen and oxygen atoms in total. The van der Waals surface area contributed by atoms with E-state index in [9.17, 15) is 9.59 Å². The molecule has 5 aromatic rings. The van der Waals surface area contributed by atoms with Crippen molar-refractivity contribution >= 4 is 33.5 Å². The molecule has 0 bridgehead atoms. The summed E-state index contributed by atoms with van der Waals surface area (Å²) in [6, 6.07) is 14.9. The third-order valence-electron chi connectivity index (χ3n) is 7.69. The van der Waals surface area contributed by atoms with Crippen molar-refractivity contribution in [3.8, 4) is 23.1 Å². The monoisotopic (exact) mass is 583 g/mol. The molecule has 2 aromatic carbocycles. The number of aromatic nitrogens is 4. The Labute approximate surface area is 250 Å². The van der Waals surface area contributed by atoms with E-state index in [1.54, 1.807) is 14.2 Å². The number of H-pyrrole nitrogens is 1. The maximum Gasteiger partial charge on any atom is 0.253 e. The molecule has 1 atom stereocenters. The zero-order valence-corrected chi connectivity index (χ0v) is 25.0. The van der Waals surface area contributed by atoms with Crippen LogP contribution >= 0.6 is 0 Å². The first-order valence-corrected chi connectivity index (χ1v) is 14.6. The number of unbranched alkanes of at least 4 members (excludes halogenated alkanes) is 2. The molecule has 1 unspecified atom stereocenters. The van der Waals surface area contributed by atoms with Crippen LogP contribution in [0.3, 0.4) is 0 Å². The second-order valence-electron chi connectivity index (χ2n) is 10.6. The Hall–Kier alpha value is -4.73. The van der Waals surface area contributed by atoms with Crippen molar-refractivity contribution in [1.29, 1.82) is 0 Å². The fourth-order valence-electron chi connectivity index (χ4n) is 5.30. The van der Waals surface area contributed by atoms with Gasteiger partial charge in [-0.05, 0) is 55.7 Å². The maximum atomic E-state index is 13.5. The zero-order valence-electron chi connectivity index (χ0n) is 25.0. The number of benzene rings is 2. The highest BCUT2D eigenvalue weighted by atomic mass is 16.5. The highest BCUT2D eigenvalue weighted by Crippen LogP contribution is 2.33. The van der Waals surface area contributed by atoms with Crippen molar-refractivity contribution in [3.63, 3.8) is 0 Å². The number of para-hydroxylation sites is 1. The first-order valence-electron chi connectivity index (χ1n) is 14.6. The SMILES string of the molecule is CCC(=O)CCCCCC(NC(=O)Cc1c(C)[nH]c2ccc(OC)cc12)c1nnc(-c2cc3ccccc3nc2OC)o1. The van der Waals surface area contributed by atoms with Crippen LogP contribution in [-0.4, -0.2) is 46.1 Å². The van der Waals surface area contributed by atoms with Gasteiger partial charge < -0.3 is 24.2 Å². The lowest BCUT2D eigenvalue weighted by atomic mass is 10.0. The summed E-state index contributed by atoms with van der Waals surface area (Å²) in [6.07, 6.45) is 4.31. The molecule has 1 amide bonds. The van der Waals surface area contributed by atoms with E-state index in [4.69, 9.17) is 13.9 Å². The molecule has 224 valence electrons. The Balaban J connectivity index is 1.38. The van der Waals surface area contributed by atoms with Crippen molar-refractivity contribution in [2.24, 2.45) is 0 Å². The molecule has 10 heteroatoms. The van der Waals surface area contributed by atoms with Gasteiger partial charge >= 0.3 is 0 Å². The summed E-state index contributed by atoms with van der Waals surface area (Å²) in [5.41, 5.74) is 4.14. The smallest absolute Gasteiger partial charge is 0.253 e. The lowest BCUT2D eigenvalue weighted by molar-refractivity contribution is -0.121. The first-order chi connectivity index (χ1) is 20.9. The predicted molar refractivity (Wildman–Crippen MR) is 164 cm³/mol. The lowest BCUT2D eigenvalue weighted by Gasteiger charge is -2.15. The molecular weight excluding hydrogens is 546 g/mol. The summed E-state index contributed by atoms with van der Waals surface area (Å²) in [4.78, 5) is 33.2. The Kier molecular flexibility index (Phi) is 9.34. The summed E-state index contributed by atoms with van der Waals surface area (Å²) in [7, 11) is 3.17. The van der Waals surface area contributed by atoms with E-state index in [0.29, 0.717) is 36.6 Å². The van der Waals surface area contributed by atoms with E-state index in [1.807, 2.05) is 62.4 Å². The molecule has 0 saturated carbocycles. The second-order valence-corrected chi connectivity index (χ2v) is 10.6. The van der Waals surface area contributed by atoms with Gasteiger partial charge in [-0.3, -0.25) is 9.59 Å². The molecule has 3 aromatic heterocycles. The Morgan fingerprint density at radius 3 is 2.65 bits per heavy atom. The van der Waals surface area contributed by atoms with Gasteiger partial charge in [-0.25, -0.2) is 4.98 Å². The Bertz CT molecular complexity index is 1740. The fourth-order valence-corrected chi connectivity index (χ4v) is 5.30. The molecule has 0 aliphatic rings. The first kappa shape index (κ1) is 29.8. The van der Waals surface area contributed by atoms with Gasteiger partial charge in [0.25, 0.3) is 5.89 Å². The number of pyridine rings is 1. The number of nitrogens with one attached hydrogen (secondary N) is 2. The van der Waals surface area contributed by atoms with Gasteiger partial charge in [-0.2, -0.15) is 0 Å². The van der Waals surface area contributed by atoms with Crippen LogP contribution < -0.4 is 14.8 Å². The number of carbonyl (C=O) groups excluding carboxylic acids is 2. The van der Waals surface area contributed by atoms with Crippen molar-refractivity contribution < 1.29 is 23.5 Å². The molecule has 0 fully saturated rings. The number of Topliss-reactive ketones (excluding diaryl/α,β-unsaturated/α-hetero) is 1. The molecular formula is C33H37N5O5. The summed E-state index contributed by atoms with van der Waals surface area (Å²) in [5.74, 6) is 1.76. The minimum absolute atomic E-state index is 0.164. The zero-order chi connectivity index (χ0) is 30.3. The average Bonchev–Trinajstić information content (AvgIpc) is 3.63. The van der Waals surface area contributed by atoms with Crippen LogP contribution in [0.1, 0.15) is 68.6 Å². The summed E-state index contributed by atoms with van der Waals surface area (Å²) < 4.78 is 17.1. The van der Waals surface area contributed by atoms with Crippen molar-refractivity contribution in [3.05, 3.63) is 65.7 Å². The minimum atomic E-state index is -0.505. The van der Waals surface area contributed by atoms with Gasteiger partial charge in [0, 0.05) is 34.8 Å². The number of ether oxygens (including phenoxy) is 2. The van der Waals surface area contributed by atoms with Gasteiger partial charge in [0.2, 0.25) is 17.7 Å². The van der Waals surface area contributed by atoms with E-state index >= 15 is 0 Å². The third kappa shape index (κ3) is 6.85. The number of carbonyl (C=O) groups is 2. The molecule has 0 radical (unpaired) electrons. The van der Waals surface area contributed by atoms with Crippen LogP contribution in [-0.2, 0) is 16.0 Å². The van der Waals surface area contributed by atoms with E-state index in [0.717, 1.165) is 58.1 Å². The number of amides is 1. The van der Waals surface area contributed by atoms with Crippen molar-refractivity contribution in [2.45, 2.75) is 64.8 Å². The van der Waals surface area contributed by atoms with Crippen LogP contribution in [0.2, 0.25) is 0 Å². The van der Waals surface area contributed by atoms with Crippen LogP contribution in [0.4, 0.5) is 0 Å². The lowest BCUT2D eigenvalue weighted by Crippen LogP contribution is -2.30. The van der Waals surface area contributed by atoms with Crippen LogP contribution in [0.15, 0.2) is 52.9 Å². The van der Waals surface area contributed by atoms with Gasteiger partial charge in [-0.15, -0.1) is 10.2 Å². The van der Waals surface area contributed by atoms with Gasteiger partial charge in [0.05, 0.1) is 26.2 Å². The third-order valence-corrected chi connectivity index (χ3v) is 7.69. The molecule has 0 spiro atoms. The topological polar surface area (TPSA) is 132 Å². The largest absolute Gasteiger partial charge is 0.497 e. The van der Waals surface area contributed by atoms with Crippen LogP contribution in [0.5, 0.6) is 11.6 Å². The van der Waals surface area contributed by atoms with Gasteiger partial charge in [0.1, 0.15) is 23.1 Å². The van der Waals surface area contributed by atoms with Crippen LogP contribution in [0.25, 0.3) is 33.3 Å². The Morgan fingerprint density at radius 2 is 1.86 bits per heavy atom. The van der Waals surface area contributed by atoms with E-state index in [2.05, 4.69) is 25.5 Å². The highest BCUT2D eigenvalue weighted by Gasteiger charge is 2.24. The van der Waals surface area contributed by atoms with Crippen molar-refractivity contribution in [2.75, 3.05) is 14.2 Å². The molecule has 0 aliphatic heterocycles. The number of aromatic amines is 1. The van der Waals surface area contributed by atoms with Gasteiger partial charge in [-0.1, -0.05) is 38.0 Å². The maximum absolute atomic E-state index is 13.5. The number of rotatable bonds is 14. The number of ketones is 1. The molecule has 2 N–H and O–H groups in total. The number of hydrogen-bond acceptors (Lipinski definition) is 8. The summed E-state index contributed by atoms with van der Waals surface area (Å²) in [6.45, 7) is 3.84. The van der Waals surface area contributed by atoms with Crippen molar-refractivity contribution in [1.82, 2.24) is 25.5 Å². The molecule has 0 saturated heterocycles. The molecule has 3 heterocycles. The predicted octanol–water partition coefficient (Wildman–Crippen LogP) is 6.42. The minimum Gasteiger partial charge on any atom is -0.497 e. The normalized spacial score (nSPS) is 12.0. The summed E-state index contributed by atoms with van der Waals surface area (Å²) in [5, 5.41) is 13.6. The van der Waals surface area contributed by atoms with E-state index < -0.39 is 6.04 Å². The number of fused-ring (bicyclic) bond motifs is 2. The number of aryl methyl sites for hydroxylation is 1. The molecule has 5 rings (SSSR count). The number of methoxy groups -OCH3 is 2. The quantitative estimate of drug-likeness (QED) is 0.143. The average molecular weight is 584 g/mol.